The van der Waals surface area contributed by atoms with E-state index in [1.165, 1.54) is 16.6 Å². The van der Waals surface area contributed by atoms with Gasteiger partial charge < -0.3 is 4.90 Å². The van der Waals surface area contributed by atoms with Crippen molar-refractivity contribution in [3.8, 4) is 0 Å². The zero-order valence-electron chi connectivity index (χ0n) is 14.1. The van der Waals surface area contributed by atoms with Crippen molar-refractivity contribution in [1.29, 1.82) is 0 Å². The average molecular weight is 402 g/mol. The van der Waals surface area contributed by atoms with Crippen LogP contribution in [0.2, 0.25) is 5.02 Å². The van der Waals surface area contributed by atoms with Crippen LogP contribution in [-0.4, -0.2) is 64.1 Å². The number of piperazine rings is 1. The third kappa shape index (κ3) is 3.31. The predicted octanol–water partition coefficient (Wildman–Crippen LogP) is 1.52. The van der Waals surface area contributed by atoms with Gasteiger partial charge in [0.2, 0.25) is 10.0 Å². The molecule has 0 saturated carbocycles. The lowest BCUT2D eigenvalue weighted by molar-refractivity contribution is 0.0434. The highest BCUT2D eigenvalue weighted by molar-refractivity contribution is 7.89. The zero-order valence-corrected chi connectivity index (χ0v) is 15.6. The fraction of sp³-hybridized carbons (Fsp3) is 0.400. The number of hydrogen-bond acceptors (Lipinski definition) is 5. The van der Waals surface area contributed by atoms with Crippen molar-refractivity contribution < 1.29 is 17.6 Å². The number of halogens is 2. The molecule has 0 spiro atoms. The molecular formula is C15H17ClFN5O3S. The van der Waals surface area contributed by atoms with Crippen LogP contribution in [0.5, 0.6) is 0 Å². The first-order valence-corrected chi connectivity index (χ1v) is 9.67. The normalized spacial score (nSPS) is 21.8. The van der Waals surface area contributed by atoms with Crippen molar-refractivity contribution in [3.63, 3.8) is 0 Å². The Bertz CT molecular complexity index is 909. The summed E-state index contributed by atoms with van der Waals surface area (Å²) in [4.78, 5) is 14.1. The Labute approximate surface area is 155 Å². The van der Waals surface area contributed by atoms with Crippen LogP contribution in [0.25, 0.3) is 0 Å². The SMILES string of the molecule is C[C@@H]1CN(S(=O)(=O)c2ccc(F)c(Cl)c2)C[C@H](C)N1C(=O)c1cnn[nH]1. The zero-order chi connectivity index (χ0) is 19.1. The molecule has 1 aliphatic heterocycles. The van der Waals surface area contributed by atoms with Crippen LogP contribution < -0.4 is 0 Å². The number of H-pyrrole nitrogens is 1. The van der Waals surface area contributed by atoms with Gasteiger partial charge in [0.15, 0.2) is 0 Å². The topological polar surface area (TPSA) is 99.3 Å². The van der Waals surface area contributed by atoms with Gasteiger partial charge in [-0.1, -0.05) is 16.8 Å². The molecule has 1 fully saturated rings. The molecule has 1 aliphatic rings. The molecule has 1 amide bonds. The largest absolute Gasteiger partial charge is 0.329 e. The first kappa shape index (κ1) is 18.7. The minimum Gasteiger partial charge on any atom is -0.329 e. The second kappa shape index (κ2) is 6.93. The van der Waals surface area contributed by atoms with E-state index < -0.39 is 15.8 Å². The first-order valence-electron chi connectivity index (χ1n) is 7.85. The van der Waals surface area contributed by atoms with E-state index in [0.717, 1.165) is 12.1 Å². The summed E-state index contributed by atoms with van der Waals surface area (Å²) in [7, 11) is -3.86. The van der Waals surface area contributed by atoms with E-state index in [9.17, 15) is 17.6 Å². The molecule has 0 unspecified atom stereocenters. The van der Waals surface area contributed by atoms with Crippen LogP contribution in [0.15, 0.2) is 29.3 Å². The van der Waals surface area contributed by atoms with Gasteiger partial charge in [-0.05, 0) is 32.0 Å². The number of benzene rings is 1. The highest BCUT2D eigenvalue weighted by Crippen LogP contribution is 2.26. The van der Waals surface area contributed by atoms with Gasteiger partial charge in [0.25, 0.3) is 5.91 Å². The van der Waals surface area contributed by atoms with E-state index in [4.69, 9.17) is 11.6 Å². The second-order valence-electron chi connectivity index (χ2n) is 6.18. The summed E-state index contributed by atoms with van der Waals surface area (Å²) in [5, 5.41) is 9.38. The highest BCUT2D eigenvalue weighted by Gasteiger charge is 2.39. The number of carbonyl (C=O) groups excluding carboxylic acids is 1. The second-order valence-corrected chi connectivity index (χ2v) is 8.52. The van der Waals surface area contributed by atoms with Crippen molar-refractivity contribution in [3.05, 3.63) is 40.9 Å². The fourth-order valence-electron chi connectivity index (χ4n) is 3.10. The molecule has 2 atom stereocenters. The van der Waals surface area contributed by atoms with E-state index in [1.807, 2.05) is 0 Å². The first-order chi connectivity index (χ1) is 12.2. The molecule has 3 rings (SSSR count). The fourth-order valence-corrected chi connectivity index (χ4v) is 4.97. The van der Waals surface area contributed by atoms with Crippen LogP contribution in [-0.2, 0) is 10.0 Å². The van der Waals surface area contributed by atoms with Crippen molar-refractivity contribution in [2.45, 2.75) is 30.8 Å². The number of hydrogen-bond donors (Lipinski definition) is 1. The van der Waals surface area contributed by atoms with Crippen LogP contribution in [0.3, 0.4) is 0 Å². The van der Waals surface area contributed by atoms with Crippen LogP contribution in [0, 0.1) is 5.82 Å². The Hall–Kier alpha value is -2.04. The summed E-state index contributed by atoms with van der Waals surface area (Å²) in [5.74, 6) is -0.979. The van der Waals surface area contributed by atoms with Crippen molar-refractivity contribution in [2.75, 3.05) is 13.1 Å². The maximum Gasteiger partial charge on any atom is 0.274 e. The van der Waals surface area contributed by atoms with E-state index in [0.29, 0.717) is 0 Å². The van der Waals surface area contributed by atoms with Crippen LogP contribution in [0.4, 0.5) is 4.39 Å². The van der Waals surface area contributed by atoms with Crippen LogP contribution in [0.1, 0.15) is 24.3 Å². The van der Waals surface area contributed by atoms with Crippen molar-refractivity contribution >= 4 is 27.5 Å². The standard InChI is InChI=1S/C15H17ClFN5O3S/c1-9-7-21(26(24,25)11-3-4-13(17)12(16)5-11)8-10(2)22(9)15(23)14-6-18-20-19-14/h3-6,9-10H,7-8H2,1-2H3,(H,18,19,20)/t9-,10+. The molecule has 0 radical (unpaired) electrons. The lowest BCUT2D eigenvalue weighted by Gasteiger charge is -2.43. The third-order valence-corrected chi connectivity index (χ3v) is 6.41. The van der Waals surface area contributed by atoms with Crippen molar-refractivity contribution in [2.24, 2.45) is 0 Å². The summed E-state index contributed by atoms with van der Waals surface area (Å²) < 4.78 is 40.3. The Morgan fingerprint density at radius 1 is 1.31 bits per heavy atom. The smallest absolute Gasteiger partial charge is 0.274 e. The number of aromatic amines is 1. The summed E-state index contributed by atoms with van der Waals surface area (Å²) in [5.41, 5.74) is 0.241. The minimum absolute atomic E-state index is 0.0826. The molecular weight excluding hydrogens is 385 g/mol. The molecule has 1 aromatic carbocycles. The van der Waals surface area contributed by atoms with E-state index in [1.54, 1.807) is 18.7 Å². The van der Waals surface area contributed by atoms with Gasteiger partial charge in [0, 0.05) is 25.2 Å². The van der Waals surface area contributed by atoms with Crippen molar-refractivity contribution in [1.82, 2.24) is 24.6 Å². The molecule has 1 aromatic heterocycles. The Kier molecular flexibility index (Phi) is 5.00. The monoisotopic (exact) mass is 401 g/mol. The van der Waals surface area contributed by atoms with Gasteiger partial charge in [-0.25, -0.2) is 12.8 Å². The number of rotatable bonds is 3. The molecule has 26 heavy (non-hydrogen) atoms. The molecule has 1 saturated heterocycles. The molecule has 2 heterocycles. The van der Waals surface area contributed by atoms with Gasteiger partial charge in [0.05, 0.1) is 16.1 Å². The number of amides is 1. The van der Waals surface area contributed by atoms with E-state index in [2.05, 4.69) is 15.4 Å². The molecule has 0 aliphatic carbocycles. The van der Waals surface area contributed by atoms with E-state index in [-0.39, 0.29) is 46.7 Å². The molecule has 140 valence electrons. The molecule has 11 heteroatoms. The summed E-state index contributed by atoms with van der Waals surface area (Å²) in [6.45, 7) is 3.74. The molecule has 1 N–H and O–H groups in total. The molecule has 2 aromatic rings. The van der Waals surface area contributed by atoms with Gasteiger partial charge >= 0.3 is 0 Å². The quantitative estimate of drug-likeness (QED) is 0.840. The Morgan fingerprint density at radius 2 is 1.96 bits per heavy atom. The maximum atomic E-state index is 13.3. The molecule has 0 bridgehead atoms. The average Bonchev–Trinajstić information content (AvgIpc) is 3.11. The van der Waals surface area contributed by atoms with Gasteiger partial charge in [-0.15, -0.1) is 5.10 Å². The van der Waals surface area contributed by atoms with E-state index >= 15 is 0 Å². The number of nitrogens with one attached hydrogen (secondary N) is 1. The van der Waals surface area contributed by atoms with Gasteiger partial charge in [-0.3, -0.25) is 9.89 Å². The van der Waals surface area contributed by atoms with Crippen LogP contribution >= 0.6 is 11.6 Å². The Morgan fingerprint density at radius 3 is 2.50 bits per heavy atom. The lowest BCUT2D eigenvalue weighted by Crippen LogP contribution is -2.59. The summed E-state index contributed by atoms with van der Waals surface area (Å²) in [6.07, 6.45) is 1.32. The predicted molar refractivity (Wildman–Crippen MR) is 91.6 cm³/mol. The number of aromatic nitrogens is 3. The highest BCUT2D eigenvalue weighted by atomic mass is 35.5. The molecule has 8 nitrogen and oxygen atoms in total. The number of carbonyl (C=O) groups is 1. The van der Waals surface area contributed by atoms with Gasteiger partial charge in [0.1, 0.15) is 11.5 Å². The number of nitrogens with zero attached hydrogens (tertiary/aromatic N) is 4. The summed E-state index contributed by atoms with van der Waals surface area (Å²) in [6, 6.07) is 2.54. The number of sulfonamides is 1. The summed E-state index contributed by atoms with van der Waals surface area (Å²) >= 11 is 5.71. The third-order valence-electron chi connectivity index (χ3n) is 4.29. The lowest BCUT2D eigenvalue weighted by atomic mass is 10.1. The Balaban J connectivity index is 1.84. The maximum absolute atomic E-state index is 13.3. The van der Waals surface area contributed by atoms with Gasteiger partial charge in [-0.2, -0.15) is 4.31 Å². The minimum atomic E-state index is -3.86.